The smallest absolute Gasteiger partial charge is 0.127 e. The van der Waals surface area contributed by atoms with Crippen LogP contribution in [0.1, 0.15) is 22.3 Å². The summed E-state index contributed by atoms with van der Waals surface area (Å²) in [6.45, 7) is 0. The molecule has 4 aliphatic carbocycles. The van der Waals surface area contributed by atoms with Gasteiger partial charge in [0.25, 0.3) is 0 Å². The summed E-state index contributed by atoms with van der Waals surface area (Å²) in [6.07, 6.45) is 29.7. The standard InChI is InChI=1S/2C24H20O2.H2S/c2*25-23(21-7-3-1-4-8-21)15-11-19(12-16-23)20-13-17-24(26,18-14-20)22-9-5-2-6-10-22;/h2*1-18,25-26H;1H2. The molecule has 0 atom stereocenters. The van der Waals surface area contributed by atoms with Crippen LogP contribution in [0.4, 0.5) is 0 Å². The third-order valence-corrected chi connectivity index (χ3v) is 9.75. The quantitative estimate of drug-likeness (QED) is 0.171. The molecule has 0 bridgehead atoms. The van der Waals surface area contributed by atoms with Gasteiger partial charge in [-0.15, -0.1) is 0 Å². The highest BCUT2D eigenvalue weighted by molar-refractivity contribution is 7.59. The highest BCUT2D eigenvalue weighted by Gasteiger charge is 2.29. The first-order valence-electron chi connectivity index (χ1n) is 17.3. The minimum absolute atomic E-state index is 0. The van der Waals surface area contributed by atoms with Gasteiger partial charge in [-0.3, -0.25) is 0 Å². The van der Waals surface area contributed by atoms with Gasteiger partial charge in [0.1, 0.15) is 22.4 Å². The lowest BCUT2D eigenvalue weighted by molar-refractivity contribution is 0.141. The number of aliphatic hydroxyl groups is 4. The van der Waals surface area contributed by atoms with Crippen LogP contribution in [0, 0.1) is 0 Å². The van der Waals surface area contributed by atoms with E-state index in [0.29, 0.717) is 0 Å². The summed E-state index contributed by atoms with van der Waals surface area (Å²) in [7, 11) is 0. The second-order valence-corrected chi connectivity index (χ2v) is 13.3. The first-order chi connectivity index (χ1) is 25.2. The monoisotopic (exact) mass is 714 g/mol. The van der Waals surface area contributed by atoms with E-state index < -0.39 is 22.4 Å². The molecule has 0 radical (unpaired) electrons. The summed E-state index contributed by atoms with van der Waals surface area (Å²) in [5, 5.41) is 43.3. The second-order valence-electron chi connectivity index (χ2n) is 13.3. The van der Waals surface area contributed by atoms with Crippen LogP contribution < -0.4 is 0 Å². The van der Waals surface area contributed by atoms with E-state index >= 15 is 0 Å². The van der Waals surface area contributed by atoms with Gasteiger partial charge in [0.2, 0.25) is 0 Å². The van der Waals surface area contributed by atoms with Gasteiger partial charge < -0.3 is 20.4 Å². The third kappa shape index (κ3) is 8.11. The zero-order valence-corrected chi connectivity index (χ0v) is 30.1. The Labute approximate surface area is 318 Å². The third-order valence-electron chi connectivity index (χ3n) is 9.75. The molecular formula is C48H42O4S. The first kappa shape index (κ1) is 37.2. The summed E-state index contributed by atoms with van der Waals surface area (Å²) in [5.41, 5.74) is 2.99. The molecule has 53 heavy (non-hydrogen) atoms. The normalized spacial score (nSPS) is 26.6. The van der Waals surface area contributed by atoms with E-state index in [4.69, 9.17) is 0 Å². The molecule has 4 nitrogen and oxygen atoms in total. The maximum Gasteiger partial charge on any atom is 0.127 e. The van der Waals surface area contributed by atoms with Crippen molar-refractivity contribution in [2.45, 2.75) is 22.4 Å². The van der Waals surface area contributed by atoms with E-state index in [1.807, 2.05) is 170 Å². The molecule has 0 heterocycles. The van der Waals surface area contributed by atoms with Gasteiger partial charge in [-0.1, -0.05) is 170 Å². The van der Waals surface area contributed by atoms with Crippen LogP contribution in [0.2, 0.25) is 0 Å². The van der Waals surface area contributed by atoms with Crippen LogP contribution >= 0.6 is 13.5 Å². The molecule has 4 aromatic rings. The van der Waals surface area contributed by atoms with Crippen molar-refractivity contribution >= 4 is 13.5 Å². The lowest BCUT2D eigenvalue weighted by Gasteiger charge is -2.26. The molecule has 0 fully saturated rings. The average Bonchev–Trinajstić information content (AvgIpc) is 3.21. The van der Waals surface area contributed by atoms with Crippen molar-refractivity contribution in [3.8, 4) is 0 Å². The maximum atomic E-state index is 10.8. The Bertz CT molecular complexity index is 1830. The van der Waals surface area contributed by atoms with Crippen LogP contribution in [0.15, 0.2) is 241 Å². The summed E-state index contributed by atoms with van der Waals surface area (Å²) in [6, 6.07) is 38.3. The molecule has 0 saturated carbocycles. The lowest BCUT2D eigenvalue weighted by Crippen LogP contribution is -2.22. The van der Waals surface area contributed by atoms with E-state index in [0.717, 1.165) is 44.5 Å². The maximum absolute atomic E-state index is 10.8. The Morgan fingerprint density at radius 3 is 0.547 bits per heavy atom. The van der Waals surface area contributed by atoms with Gasteiger partial charge in [-0.25, -0.2) is 0 Å². The van der Waals surface area contributed by atoms with Crippen molar-refractivity contribution in [3.05, 3.63) is 263 Å². The molecule has 0 amide bonds. The topological polar surface area (TPSA) is 80.9 Å². The van der Waals surface area contributed by atoms with Crippen molar-refractivity contribution in [1.82, 2.24) is 0 Å². The molecule has 5 heteroatoms. The fourth-order valence-electron chi connectivity index (χ4n) is 6.54. The van der Waals surface area contributed by atoms with Crippen LogP contribution in [0.3, 0.4) is 0 Å². The van der Waals surface area contributed by atoms with E-state index in [1.165, 1.54) is 0 Å². The van der Waals surface area contributed by atoms with Gasteiger partial charge in [0.15, 0.2) is 0 Å². The van der Waals surface area contributed by atoms with Gasteiger partial charge >= 0.3 is 0 Å². The van der Waals surface area contributed by atoms with Crippen LogP contribution in [0.5, 0.6) is 0 Å². The number of rotatable bonds is 4. The summed E-state index contributed by atoms with van der Waals surface area (Å²) >= 11 is 0. The molecule has 0 unspecified atom stereocenters. The molecule has 264 valence electrons. The van der Waals surface area contributed by atoms with E-state index in [1.54, 1.807) is 48.6 Å². The number of hydrogen-bond acceptors (Lipinski definition) is 4. The zero-order chi connectivity index (χ0) is 36.1. The van der Waals surface area contributed by atoms with Crippen molar-refractivity contribution in [2.24, 2.45) is 0 Å². The largest absolute Gasteiger partial charge is 0.377 e. The Hall–Kier alpha value is -5.53. The Balaban J connectivity index is 0.000000178. The molecule has 8 rings (SSSR count). The van der Waals surface area contributed by atoms with Gasteiger partial charge in [0, 0.05) is 0 Å². The summed E-state index contributed by atoms with van der Waals surface area (Å²) in [5.74, 6) is 0. The SMILES string of the molecule is OC1(c2ccccc2)C=CC(=C2C=CC(O)(c3ccccc3)C=C2)C=C1.OC1(c2ccccc2)C=CC(=C2C=CC(O)(c3ccccc3)C=C2)C=C1.S. The van der Waals surface area contributed by atoms with Crippen molar-refractivity contribution in [1.29, 1.82) is 0 Å². The van der Waals surface area contributed by atoms with E-state index in [9.17, 15) is 20.4 Å². The summed E-state index contributed by atoms with van der Waals surface area (Å²) in [4.78, 5) is 0. The van der Waals surface area contributed by atoms with Gasteiger partial charge in [0.05, 0.1) is 0 Å². The van der Waals surface area contributed by atoms with E-state index in [-0.39, 0.29) is 13.5 Å². The predicted molar refractivity (Wildman–Crippen MR) is 219 cm³/mol. The molecule has 4 aliphatic rings. The average molecular weight is 715 g/mol. The van der Waals surface area contributed by atoms with Gasteiger partial charge in [-0.2, -0.15) is 13.5 Å². The van der Waals surface area contributed by atoms with Crippen molar-refractivity contribution in [3.63, 3.8) is 0 Å². The Kier molecular flexibility index (Phi) is 11.0. The lowest BCUT2D eigenvalue weighted by atomic mass is 9.84. The molecule has 4 aromatic carbocycles. The van der Waals surface area contributed by atoms with Crippen LogP contribution in [-0.2, 0) is 22.4 Å². The molecule has 0 spiro atoms. The number of allylic oxidation sites excluding steroid dienone is 12. The summed E-state index contributed by atoms with van der Waals surface area (Å²) < 4.78 is 0. The number of hydrogen-bond donors (Lipinski definition) is 4. The van der Waals surface area contributed by atoms with Gasteiger partial charge in [-0.05, 0) is 93.2 Å². The zero-order valence-electron chi connectivity index (χ0n) is 29.1. The first-order valence-corrected chi connectivity index (χ1v) is 17.3. The minimum Gasteiger partial charge on any atom is -0.377 e. The van der Waals surface area contributed by atoms with Crippen molar-refractivity contribution in [2.75, 3.05) is 0 Å². The molecular weight excluding hydrogens is 673 g/mol. The highest BCUT2D eigenvalue weighted by atomic mass is 32.1. The highest BCUT2D eigenvalue weighted by Crippen LogP contribution is 2.35. The predicted octanol–water partition coefficient (Wildman–Crippen LogP) is 8.73. The molecule has 4 N–H and O–H groups in total. The van der Waals surface area contributed by atoms with Crippen LogP contribution in [0.25, 0.3) is 0 Å². The second kappa shape index (κ2) is 15.6. The fourth-order valence-corrected chi connectivity index (χ4v) is 6.54. The fraction of sp³-hybridized carbons (Fsp3) is 0.0833. The van der Waals surface area contributed by atoms with E-state index in [2.05, 4.69) is 0 Å². The van der Waals surface area contributed by atoms with Crippen LogP contribution in [-0.4, -0.2) is 20.4 Å². The molecule has 0 saturated heterocycles. The molecule has 0 aliphatic heterocycles. The molecule has 0 aromatic heterocycles. The minimum atomic E-state index is -1.09. The van der Waals surface area contributed by atoms with Crippen molar-refractivity contribution < 1.29 is 20.4 Å². The Morgan fingerprint density at radius 2 is 0.396 bits per heavy atom. The Morgan fingerprint density at radius 1 is 0.245 bits per heavy atom. The number of benzene rings is 4.